The average Bonchev–Trinajstić information content (AvgIpc) is 3.06. The molecule has 3 N–H and O–H groups in total. The summed E-state index contributed by atoms with van der Waals surface area (Å²) in [5, 5.41) is 33.1. The average molecular weight is 715 g/mol. The van der Waals surface area contributed by atoms with E-state index in [1.807, 2.05) is 43.3 Å². The van der Waals surface area contributed by atoms with E-state index in [2.05, 4.69) is 32.3 Å². The minimum absolute atomic E-state index is 0.154. The lowest BCUT2D eigenvalue weighted by Crippen LogP contribution is -2.35. The lowest BCUT2D eigenvalue weighted by molar-refractivity contribution is 0.170. The Labute approximate surface area is 281 Å². The van der Waals surface area contributed by atoms with Gasteiger partial charge in [0.1, 0.15) is 36.5 Å². The Kier molecular flexibility index (Phi) is 13.3. The van der Waals surface area contributed by atoms with Crippen LogP contribution >= 0.6 is 39.1 Å². The summed E-state index contributed by atoms with van der Waals surface area (Å²) in [5.74, 6) is 1.56. The summed E-state index contributed by atoms with van der Waals surface area (Å²) in [7, 11) is 0. The van der Waals surface area contributed by atoms with Crippen molar-refractivity contribution in [3.8, 4) is 34.4 Å². The van der Waals surface area contributed by atoms with Crippen LogP contribution in [0.5, 0.6) is 17.2 Å². The number of nitriles is 1. The number of rotatable bonds is 16. The number of nitrogens with one attached hydrogen (secondary N) is 1. The van der Waals surface area contributed by atoms with Crippen LogP contribution in [0.4, 0.5) is 0 Å². The van der Waals surface area contributed by atoms with Gasteiger partial charge in [-0.25, -0.2) is 0 Å². The highest BCUT2D eigenvalue weighted by molar-refractivity contribution is 9.09. The van der Waals surface area contributed by atoms with Gasteiger partial charge in [-0.3, -0.25) is 4.98 Å². The van der Waals surface area contributed by atoms with Gasteiger partial charge < -0.3 is 29.7 Å². The van der Waals surface area contributed by atoms with Crippen LogP contribution in [0.2, 0.25) is 10.0 Å². The number of ether oxygens (including phenoxy) is 3. The first-order valence-corrected chi connectivity index (χ1v) is 16.2. The highest BCUT2D eigenvalue weighted by atomic mass is 79.9. The van der Waals surface area contributed by atoms with E-state index in [9.17, 15) is 15.5 Å². The van der Waals surface area contributed by atoms with E-state index in [1.54, 1.807) is 24.4 Å². The Hall–Kier alpha value is -3.36. The van der Waals surface area contributed by atoms with Crippen molar-refractivity contribution < 1.29 is 24.4 Å². The molecule has 0 amide bonds. The Morgan fingerprint density at radius 2 is 1.67 bits per heavy atom. The van der Waals surface area contributed by atoms with Crippen LogP contribution in [0.1, 0.15) is 34.2 Å². The van der Waals surface area contributed by atoms with Crippen molar-refractivity contribution >= 4 is 39.1 Å². The van der Waals surface area contributed by atoms with Crippen LogP contribution in [0, 0.1) is 18.3 Å². The van der Waals surface area contributed by atoms with Crippen molar-refractivity contribution in [2.24, 2.45) is 0 Å². The molecule has 0 fully saturated rings. The van der Waals surface area contributed by atoms with Crippen LogP contribution in [0.25, 0.3) is 11.1 Å². The van der Waals surface area contributed by atoms with Gasteiger partial charge in [0.15, 0.2) is 0 Å². The molecule has 0 bridgehead atoms. The molecule has 3 aromatic carbocycles. The number of aromatic nitrogens is 1. The maximum Gasteiger partial charge on any atom is 0.142 e. The van der Waals surface area contributed by atoms with Crippen LogP contribution in [0.3, 0.4) is 0 Å². The third-order valence-electron chi connectivity index (χ3n) is 7.07. The zero-order valence-electron chi connectivity index (χ0n) is 24.7. The number of aliphatic hydroxyl groups excluding tert-OH is 2. The highest BCUT2D eigenvalue weighted by Crippen LogP contribution is 2.38. The van der Waals surface area contributed by atoms with Crippen LogP contribution in [-0.4, -0.2) is 46.4 Å². The van der Waals surface area contributed by atoms with Crippen LogP contribution < -0.4 is 19.5 Å². The summed E-state index contributed by atoms with van der Waals surface area (Å²) in [6, 6.07) is 18.5. The minimum atomic E-state index is -0.505. The number of alkyl halides is 1. The second kappa shape index (κ2) is 17.4. The molecule has 1 aromatic heterocycles. The van der Waals surface area contributed by atoms with Gasteiger partial charge in [-0.1, -0.05) is 69.5 Å². The normalized spacial score (nSPS) is 11.0. The molecule has 0 aliphatic heterocycles. The van der Waals surface area contributed by atoms with Crippen molar-refractivity contribution in [3.05, 3.63) is 105 Å². The Balaban J connectivity index is 1.57. The largest absolute Gasteiger partial charge is 0.492 e. The SMILES string of the molecule is Cc1c(COc2cc(OCc3cncc(C#N)c3)c(CNC(CO)CO)cc2Cl)cccc1-c1cccc(OCCCBr)c1Cl. The number of aliphatic hydroxyl groups is 2. The number of halogens is 3. The van der Waals surface area contributed by atoms with Gasteiger partial charge in [0.25, 0.3) is 0 Å². The number of hydrogen-bond donors (Lipinski definition) is 3. The predicted octanol–water partition coefficient (Wildman–Crippen LogP) is 7.00. The summed E-state index contributed by atoms with van der Waals surface area (Å²) < 4.78 is 18.3. The number of hydrogen-bond acceptors (Lipinski definition) is 8. The first-order chi connectivity index (χ1) is 21.9. The molecule has 11 heteroatoms. The zero-order chi connectivity index (χ0) is 32.2. The maximum atomic E-state index is 9.49. The fourth-order valence-corrected chi connectivity index (χ4v) is 5.30. The molecule has 0 spiro atoms. The van der Waals surface area contributed by atoms with E-state index in [-0.39, 0.29) is 33.0 Å². The molecule has 0 aliphatic rings. The minimum Gasteiger partial charge on any atom is -0.492 e. The molecule has 0 saturated heterocycles. The number of benzene rings is 3. The third kappa shape index (κ3) is 9.33. The fraction of sp³-hybridized carbons (Fsp3) is 0.294. The molecule has 45 heavy (non-hydrogen) atoms. The van der Waals surface area contributed by atoms with Crippen molar-refractivity contribution in [1.82, 2.24) is 10.3 Å². The van der Waals surface area contributed by atoms with E-state index in [4.69, 9.17) is 37.4 Å². The smallest absolute Gasteiger partial charge is 0.142 e. The van der Waals surface area contributed by atoms with Crippen LogP contribution in [-0.2, 0) is 19.8 Å². The predicted molar refractivity (Wildman–Crippen MR) is 179 cm³/mol. The summed E-state index contributed by atoms with van der Waals surface area (Å²) in [4.78, 5) is 4.10. The first kappa shape index (κ1) is 34.5. The molecule has 4 rings (SSSR count). The topological polar surface area (TPSA) is 117 Å². The van der Waals surface area contributed by atoms with Crippen molar-refractivity contribution in [1.29, 1.82) is 5.26 Å². The molecular weight excluding hydrogens is 681 g/mol. The van der Waals surface area contributed by atoms with Gasteiger partial charge in [0.05, 0.1) is 41.5 Å². The Bertz CT molecular complexity index is 1630. The van der Waals surface area contributed by atoms with Gasteiger partial charge in [0.2, 0.25) is 0 Å². The second-order valence-corrected chi connectivity index (χ2v) is 11.8. The van der Waals surface area contributed by atoms with Crippen molar-refractivity contribution in [3.63, 3.8) is 0 Å². The standard InChI is InChI=1S/C34H34BrCl2N3O5/c1-22-25(5-2-6-28(22)29-7-3-8-31(34(29)37)43-10-4-9-35)21-45-33-13-32(44-20-24-11-23(14-38)15-39-16-24)26(12-30(33)36)17-40-27(18-41)19-42/h2-3,5-8,11-13,15-16,27,40-42H,4,9-10,17-21H2,1H3. The highest BCUT2D eigenvalue weighted by Gasteiger charge is 2.16. The molecule has 0 radical (unpaired) electrons. The fourth-order valence-electron chi connectivity index (χ4n) is 4.54. The van der Waals surface area contributed by atoms with Gasteiger partial charge in [-0.05, 0) is 48.2 Å². The second-order valence-electron chi connectivity index (χ2n) is 10.2. The lowest BCUT2D eigenvalue weighted by atomic mass is 9.96. The first-order valence-electron chi connectivity index (χ1n) is 14.3. The monoisotopic (exact) mass is 713 g/mol. The number of nitrogens with zero attached hydrogens (tertiary/aromatic N) is 2. The maximum absolute atomic E-state index is 9.49. The Morgan fingerprint density at radius 3 is 2.42 bits per heavy atom. The molecule has 1 heterocycles. The van der Waals surface area contributed by atoms with Gasteiger partial charge in [-0.15, -0.1) is 0 Å². The van der Waals surface area contributed by atoms with Gasteiger partial charge in [-0.2, -0.15) is 5.26 Å². The van der Waals surface area contributed by atoms with E-state index >= 15 is 0 Å². The van der Waals surface area contributed by atoms with E-state index in [0.717, 1.165) is 39.6 Å². The molecule has 0 atom stereocenters. The van der Waals surface area contributed by atoms with Crippen LogP contribution in [0.15, 0.2) is 67.0 Å². The summed E-state index contributed by atoms with van der Waals surface area (Å²) in [6.07, 6.45) is 3.99. The third-order valence-corrected chi connectivity index (χ3v) is 8.32. The summed E-state index contributed by atoms with van der Waals surface area (Å²) >= 11 is 16.9. The van der Waals surface area contributed by atoms with E-state index in [1.165, 1.54) is 6.20 Å². The molecule has 0 saturated carbocycles. The molecule has 0 unspecified atom stereocenters. The molecule has 236 valence electrons. The summed E-state index contributed by atoms with van der Waals surface area (Å²) in [5.41, 5.74) is 5.66. The molecule has 0 aliphatic carbocycles. The van der Waals surface area contributed by atoms with Gasteiger partial charge in [0, 0.05) is 47.0 Å². The molecule has 8 nitrogen and oxygen atoms in total. The molecular formula is C34H34BrCl2N3O5. The van der Waals surface area contributed by atoms with E-state index in [0.29, 0.717) is 45.0 Å². The van der Waals surface area contributed by atoms with Crippen molar-refractivity contribution in [2.45, 2.75) is 39.1 Å². The van der Waals surface area contributed by atoms with Crippen molar-refractivity contribution in [2.75, 3.05) is 25.2 Å². The lowest BCUT2D eigenvalue weighted by Gasteiger charge is -2.19. The quantitative estimate of drug-likeness (QED) is 0.0840. The van der Waals surface area contributed by atoms with E-state index < -0.39 is 6.04 Å². The Morgan fingerprint density at radius 1 is 0.911 bits per heavy atom. The molecule has 4 aromatic rings. The van der Waals surface area contributed by atoms with Gasteiger partial charge >= 0.3 is 0 Å². The number of pyridine rings is 1. The zero-order valence-corrected chi connectivity index (χ0v) is 27.8. The summed E-state index contributed by atoms with van der Waals surface area (Å²) in [6.45, 7) is 2.80.